The van der Waals surface area contributed by atoms with E-state index in [1.54, 1.807) is 12.1 Å². The Bertz CT molecular complexity index is 680. The van der Waals surface area contributed by atoms with Crippen LogP contribution < -0.4 is 10.1 Å². The summed E-state index contributed by atoms with van der Waals surface area (Å²) in [6.45, 7) is 2.27. The second-order valence-electron chi connectivity index (χ2n) is 8.02. The average molecular weight is 344 g/mol. The first-order valence-electron chi connectivity index (χ1n) is 9.22. The van der Waals surface area contributed by atoms with Crippen molar-refractivity contribution in [3.63, 3.8) is 0 Å². The predicted octanol–water partition coefficient (Wildman–Crippen LogP) is 4.15. The highest BCUT2D eigenvalue weighted by Gasteiger charge is 2.54. The quantitative estimate of drug-likeness (QED) is 0.642. The summed E-state index contributed by atoms with van der Waals surface area (Å²) in [5.74, 6) is 2.40. The van der Waals surface area contributed by atoms with Crippen LogP contribution in [0.1, 0.15) is 45.4 Å². The summed E-state index contributed by atoms with van der Waals surface area (Å²) in [4.78, 5) is 24.0. The molecule has 0 saturated heterocycles. The molecule has 1 aromatic carbocycles. The first-order chi connectivity index (χ1) is 12.0. The smallest absolute Gasteiger partial charge is 0.296 e. The molecule has 4 fully saturated rings. The number of nitro groups is 1. The Morgan fingerprint density at radius 1 is 1.24 bits per heavy atom. The number of ether oxygens (including phenoxy) is 1. The second-order valence-corrected chi connectivity index (χ2v) is 8.02. The van der Waals surface area contributed by atoms with E-state index in [1.165, 1.54) is 25.3 Å². The van der Waals surface area contributed by atoms with E-state index in [0.717, 1.165) is 19.3 Å². The van der Waals surface area contributed by atoms with E-state index >= 15 is 0 Å². The maximum Gasteiger partial charge on any atom is 0.296 e. The SMILES string of the molecule is CCOc1ccc(NC(=O)C23CC4CC(CC(C4)C2)C3)c([N+](=O)[O-])c1. The number of nitrogens with one attached hydrogen (secondary N) is 1. The summed E-state index contributed by atoms with van der Waals surface area (Å²) >= 11 is 0. The van der Waals surface area contributed by atoms with Gasteiger partial charge in [-0.15, -0.1) is 0 Å². The van der Waals surface area contributed by atoms with Crippen molar-refractivity contribution in [1.82, 2.24) is 0 Å². The van der Waals surface area contributed by atoms with Crippen LogP contribution in [0.3, 0.4) is 0 Å². The number of benzene rings is 1. The lowest BCUT2D eigenvalue weighted by atomic mass is 9.49. The Morgan fingerprint density at radius 2 is 1.84 bits per heavy atom. The van der Waals surface area contributed by atoms with E-state index in [9.17, 15) is 14.9 Å². The zero-order valence-corrected chi connectivity index (χ0v) is 14.5. The van der Waals surface area contributed by atoms with Gasteiger partial charge in [0.15, 0.2) is 0 Å². The molecule has 0 unspecified atom stereocenters. The third kappa shape index (κ3) is 2.87. The van der Waals surface area contributed by atoms with Crippen molar-refractivity contribution in [2.24, 2.45) is 23.2 Å². The van der Waals surface area contributed by atoms with Crippen molar-refractivity contribution in [2.45, 2.75) is 45.4 Å². The summed E-state index contributed by atoms with van der Waals surface area (Å²) in [6, 6.07) is 4.64. The first-order valence-corrected chi connectivity index (χ1v) is 9.22. The van der Waals surface area contributed by atoms with Gasteiger partial charge >= 0.3 is 0 Å². The van der Waals surface area contributed by atoms with Gasteiger partial charge in [-0.25, -0.2) is 0 Å². The third-order valence-electron chi connectivity index (χ3n) is 6.25. The van der Waals surface area contributed by atoms with Crippen molar-refractivity contribution < 1.29 is 14.5 Å². The van der Waals surface area contributed by atoms with Gasteiger partial charge in [-0.1, -0.05) is 0 Å². The molecular weight excluding hydrogens is 320 g/mol. The van der Waals surface area contributed by atoms with Gasteiger partial charge in [-0.05, 0) is 75.3 Å². The molecule has 1 N–H and O–H groups in total. The Kier molecular flexibility index (Phi) is 3.93. The molecule has 6 nitrogen and oxygen atoms in total. The Morgan fingerprint density at radius 3 is 2.36 bits per heavy atom. The first kappa shape index (κ1) is 16.4. The van der Waals surface area contributed by atoms with Crippen molar-refractivity contribution in [2.75, 3.05) is 11.9 Å². The van der Waals surface area contributed by atoms with Gasteiger partial charge in [-0.2, -0.15) is 0 Å². The number of amides is 1. The van der Waals surface area contributed by atoms with Gasteiger partial charge in [0.25, 0.3) is 5.69 Å². The predicted molar refractivity (Wildman–Crippen MR) is 93.5 cm³/mol. The van der Waals surface area contributed by atoms with Crippen LogP contribution >= 0.6 is 0 Å². The van der Waals surface area contributed by atoms with E-state index in [1.807, 2.05) is 6.92 Å². The highest BCUT2D eigenvalue weighted by Crippen LogP contribution is 2.60. The number of nitrogens with zero attached hydrogens (tertiary/aromatic N) is 1. The van der Waals surface area contributed by atoms with E-state index < -0.39 is 4.92 Å². The van der Waals surface area contributed by atoms with Crippen LogP contribution in [0.4, 0.5) is 11.4 Å². The number of carbonyl (C=O) groups is 1. The zero-order chi connectivity index (χ0) is 17.6. The van der Waals surface area contributed by atoms with E-state index in [4.69, 9.17) is 4.74 Å². The standard InChI is InChI=1S/C19H24N2O4/c1-2-25-15-3-4-16(17(8-15)21(23)24)20-18(22)19-9-12-5-13(10-19)7-14(6-12)11-19/h3-4,8,12-14H,2,5-7,9-11H2,1H3,(H,20,22). The molecule has 4 aliphatic carbocycles. The molecule has 5 rings (SSSR count). The molecule has 0 aromatic heterocycles. The van der Waals surface area contributed by atoms with Gasteiger partial charge in [0.1, 0.15) is 11.4 Å². The van der Waals surface area contributed by atoms with Crippen LogP contribution in [-0.2, 0) is 4.79 Å². The lowest BCUT2D eigenvalue weighted by Gasteiger charge is -2.55. The number of hydrogen-bond acceptors (Lipinski definition) is 4. The topological polar surface area (TPSA) is 81.5 Å². The van der Waals surface area contributed by atoms with Gasteiger partial charge in [0.05, 0.1) is 23.0 Å². The molecule has 134 valence electrons. The number of rotatable bonds is 5. The number of hydrogen-bond donors (Lipinski definition) is 1. The highest BCUT2D eigenvalue weighted by atomic mass is 16.6. The third-order valence-corrected chi connectivity index (χ3v) is 6.25. The van der Waals surface area contributed by atoms with Crippen LogP contribution in [0.2, 0.25) is 0 Å². The molecule has 4 saturated carbocycles. The lowest BCUT2D eigenvalue weighted by Crippen LogP contribution is -2.51. The van der Waals surface area contributed by atoms with Crippen LogP contribution in [0.15, 0.2) is 18.2 Å². The maximum atomic E-state index is 13.1. The molecule has 1 aromatic rings. The molecule has 25 heavy (non-hydrogen) atoms. The fourth-order valence-corrected chi connectivity index (χ4v) is 5.67. The summed E-state index contributed by atoms with van der Waals surface area (Å²) in [5.41, 5.74) is -0.153. The van der Waals surface area contributed by atoms with Crippen molar-refractivity contribution >= 4 is 17.3 Å². The minimum absolute atomic E-state index is 0.0288. The number of carbonyl (C=O) groups excluding carboxylic acids is 1. The van der Waals surface area contributed by atoms with E-state index in [2.05, 4.69) is 5.32 Å². The molecule has 0 aliphatic heterocycles. The van der Waals surface area contributed by atoms with Crippen LogP contribution in [0.25, 0.3) is 0 Å². The summed E-state index contributed by atoms with van der Waals surface area (Å²) in [7, 11) is 0. The van der Waals surface area contributed by atoms with Gasteiger partial charge in [-0.3, -0.25) is 14.9 Å². The molecule has 1 amide bonds. The molecule has 0 heterocycles. The minimum atomic E-state index is -0.460. The lowest BCUT2D eigenvalue weighted by molar-refractivity contribution is -0.384. The van der Waals surface area contributed by atoms with Crippen molar-refractivity contribution in [3.05, 3.63) is 28.3 Å². The Hall–Kier alpha value is -2.11. The number of anilines is 1. The van der Waals surface area contributed by atoms with Crippen molar-refractivity contribution in [3.8, 4) is 5.75 Å². The molecule has 0 spiro atoms. The average Bonchev–Trinajstić information content (AvgIpc) is 2.55. The minimum Gasteiger partial charge on any atom is -0.494 e. The molecule has 4 bridgehead atoms. The number of nitro benzene ring substituents is 1. The maximum absolute atomic E-state index is 13.1. The molecule has 4 aliphatic rings. The fraction of sp³-hybridized carbons (Fsp3) is 0.632. The summed E-state index contributed by atoms with van der Waals surface area (Å²) in [6.07, 6.45) is 6.60. The summed E-state index contributed by atoms with van der Waals surface area (Å²) in [5, 5.41) is 14.3. The van der Waals surface area contributed by atoms with E-state index in [0.29, 0.717) is 30.1 Å². The summed E-state index contributed by atoms with van der Waals surface area (Å²) < 4.78 is 5.34. The Balaban J connectivity index is 1.58. The molecule has 0 atom stereocenters. The van der Waals surface area contributed by atoms with Crippen LogP contribution in [0, 0.1) is 33.3 Å². The molecule has 0 radical (unpaired) electrons. The van der Waals surface area contributed by atoms with E-state index in [-0.39, 0.29) is 22.7 Å². The normalized spacial score (nSPS) is 32.4. The van der Waals surface area contributed by atoms with Gasteiger partial charge < -0.3 is 10.1 Å². The largest absolute Gasteiger partial charge is 0.494 e. The van der Waals surface area contributed by atoms with Crippen LogP contribution in [-0.4, -0.2) is 17.4 Å². The van der Waals surface area contributed by atoms with Gasteiger partial charge in [0, 0.05) is 0 Å². The second kappa shape index (κ2) is 6.00. The fourth-order valence-electron chi connectivity index (χ4n) is 5.67. The zero-order valence-electron chi connectivity index (χ0n) is 14.5. The Labute approximate surface area is 147 Å². The van der Waals surface area contributed by atoms with Crippen molar-refractivity contribution in [1.29, 1.82) is 0 Å². The molecule has 6 heteroatoms. The van der Waals surface area contributed by atoms with Gasteiger partial charge in [0.2, 0.25) is 5.91 Å². The molecular formula is C19H24N2O4. The van der Waals surface area contributed by atoms with Crippen LogP contribution in [0.5, 0.6) is 5.75 Å². The highest BCUT2D eigenvalue weighted by molar-refractivity contribution is 5.97. The monoisotopic (exact) mass is 344 g/mol.